The summed E-state index contributed by atoms with van der Waals surface area (Å²) in [4.78, 5) is 11.2. The summed E-state index contributed by atoms with van der Waals surface area (Å²) in [7, 11) is -3.76. The Morgan fingerprint density at radius 1 is 0.184 bits per heavy atom. The summed E-state index contributed by atoms with van der Waals surface area (Å²) in [6, 6.07) is 139. The van der Waals surface area contributed by atoms with Crippen LogP contribution in [0.5, 0.6) is 57.5 Å². The molecule has 0 atom stereocenters. The van der Waals surface area contributed by atoms with E-state index in [0.717, 1.165) is 182 Å². The predicted octanol–water partition coefficient (Wildman–Crippen LogP) is 28.4. The van der Waals surface area contributed by atoms with Crippen LogP contribution in [-0.4, -0.2) is 33.4 Å². The lowest BCUT2D eigenvalue weighted by molar-refractivity contribution is 0.476. The molecule has 24 rings (SSSR count). The van der Waals surface area contributed by atoms with Crippen molar-refractivity contribution in [2.75, 3.05) is 24.5 Å². The predicted molar refractivity (Wildman–Crippen MR) is 490 cm³/mol. The van der Waals surface area contributed by atoms with Crippen LogP contribution in [-0.2, 0) is 9.84 Å². The second-order valence-corrected chi connectivity index (χ2v) is 31.7. The molecule has 17 aromatic carbocycles. The molecule has 0 amide bonds. The molecular weight excluding hydrogens is 1570 g/mol. The maximum atomic E-state index is 13.7. The fourth-order valence-corrected chi connectivity index (χ4v) is 17.6. The van der Waals surface area contributed by atoms with Gasteiger partial charge in [-0.25, -0.2) is 8.42 Å². The highest BCUT2D eigenvalue weighted by atomic mass is 32.2. The summed E-state index contributed by atoms with van der Waals surface area (Å²) in [5, 5.41) is 18.0. The smallest absolute Gasteiger partial charge is 0.248 e. The van der Waals surface area contributed by atoms with Gasteiger partial charge in [-0.15, -0.1) is 20.4 Å². The highest BCUT2D eigenvalue weighted by Gasteiger charge is 2.33. The van der Waals surface area contributed by atoms with E-state index in [1.54, 1.807) is 24.3 Å². The number of aromatic nitrogens is 5. The van der Waals surface area contributed by atoms with Gasteiger partial charge in [0.25, 0.3) is 0 Å². The number of nitrogens with zero attached hydrogens (tertiary/aromatic N) is 10. The van der Waals surface area contributed by atoms with Crippen LogP contribution in [0.2, 0.25) is 0 Å². The number of anilines is 15. The van der Waals surface area contributed by atoms with Crippen LogP contribution in [0.15, 0.2) is 439 Å². The third-order valence-electron chi connectivity index (χ3n) is 22.2. The van der Waals surface area contributed by atoms with Crippen LogP contribution in [0, 0.1) is 0 Å². The molecule has 7 heterocycles. The summed E-state index contributed by atoms with van der Waals surface area (Å²) in [5.74, 6) is 10.4. The molecule has 0 saturated heterocycles. The molecule has 0 fully saturated rings. The molecule has 2 aromatic heterocycles. The largest absolute Gasteiger partial charge is 0.453 e. The molecule has 598 valence electrons. The molecule has 0 unspecified atom stereocenters. The van der Waals surface area contributed by atoms with Crippen LogP contribution < -0.4 is 48.2 Å². The van der Waals surface area contributed by atoms with Crippen LogP contribution >= 0.6 is 0 Å². The zero-order valence-electron chi connectivity index (χ0n) is 66.6. The van der Waals surface area contributed by atoms with Gasteiger partial charge in [-0.3, -0.25) is 4.57 Å². The molecule has 19 aromatic rings. The van der Waals surface area contributed by atoms with E-state index < -0.39 is 9.84 Å². The maximum absolute atomic E-state index is 13.7. The zero-order chi connectivity index (χ0) is 83.3. The molecule has 18 nitrogen and oxygen atoms in total. The number of hydrogen-bond acceptors (Lipinski definition) is 17. The average molecular weight is 1640 g/mol. The summed E-state index contributed by atoms with van der Waals surface area (Å²) < 4.78 is 66.4. The zero-order valence-corrected chi connectivity index (χ0v) is 67.4. The Morgan fingerprint density at radius 2 is 0.384 bits per heavy atom. The molecule has 0 spiro atoms. The van der Waals surface area contributed by atoms with Crippen LogP contribution in [0.25, 0.3) is 51.4 Å². The number of para-hydroxylation sites is 21. The molecule has 0 saturated carbocycles. The van der Waals surface area contributed by atoms with Gasteiger partial charge in [-0.05, 0) is 255 Å². The van der Waals surface area contributed by atoms with Gasteiger partial charge in [-0.1, -0.05) is 170 Å². The summed E-state index contributed by atoms with van der Waals surface area (Å²) >= 11 is 0. The van der Waals surface area contributed by atoms with E-state index >= 15 is 0 Å². The van der Waals surface area contributed by atoms with Gasteiger partial charge in [0.15, 0.2) is 69.1 Å². The van der Waals surface area contributed by atoms with Crippen molar-refractivity contribution in [2.24, 2.45) is 0 Å². The number of rotatable bonds is 12. The monoisotopic (exact) mass is 1640 g/mol. The maximum Gasteiger partial charge on any atom is 0.248 e. The van der Waals surface area contributed by atoms with Crippen molar-refractivity contribution in [3.63, 3.8) is 0 Å². The van der Waals surface area contributed by atoms with Crippen molar-refractivity contribution in [1.29, 1.82) is 0 Å². The summed E-state index contributed by atoms with van der Waals surface area (Å²) in [6.45, 7) is 0. The minimum absolute atomic E-state index is 0.223. The fourth-order valence-electron chi connectivity index (χ4n) is 16.4. The Morgan fingerprint density at radius 3 is 0.632 bits per heavy atom. The van der Waals surface area contributed by atoms with Crippen LogP contribution in [0.1, 0.15) is 0 Å². The lowest BCUT2D eigenvalue weighted by Gasteiger charge is -2.33. The molecule has 125 heavy (non-hydrogen) atoms. The van der Waals surface area contributed by atoms with Crippen molar-refractivity contribution < 1.29 is 36.5 Å². The van der Waals surface area contributed by atoms with E-state index in [9.17, 15) is 8.42 Å². The third-order valence-corrected chi connectivity index (χ3v) is 24.0. The number of sulfone groups is 1. The number of benzene rings is 17. The minimum Gasteiger partial charge on any atom is -0.453 e. The Bertz CT molecular complexity index is 6860. The van der Waals surface area contributed by atoms with Gasteiger partial charge in [0.2, 0.25) is 21.6 Å². The molecular formula is C106H70N10O8S. The number of ether oxygens (including phenoxy) is 5. The minimum atomic E-state index is -3.76. The van der Waals surface area contributed by atoms with Crippen LogP contribution in [0.4, 0.5) is 85.3 Å². The van der Waals surface area contributed by atoms with Crippen molar-refractivity contribution in [1.82, 2.24) is 25.0 Å². The fraction of sp³-hybridized carbons (Fsp3) is 0. The molecule has 19 heteroatoms. The van der Waals surface area contributed by atoms with E-state index in [1.807, 2.05) is 291 Å². The Labute approximate surface area is 719 Å². The van der Waals surface area contributed by atoms with Gasteiger partial charge in [0.05, 0.1) is 66.7 Å². The number of hydrogen-bond donors (Lipinski definition) is 0. The van der Waals surface area contributed by atoms with Crippen molar-refractivity contribution in [2.45, 2.75) is 9.79 Å². The van der Waals surface area contributed by atoms with Gasteiger partial charge < -0.3 is 52.6 Å². The first-order valence-corrected chi connectivity index (χ1v) is 42.2. The summed E-state index contributed by atoms with van der Waals surface area (Å²) in [5.41, 5.74) is 18.9. The number of fused-ring (bicyclic) bond motifs is 10. The quantitative estimate of drug-likeness (QED) is 0.113. The van der Waals surface area contributed by atoms with E-state index in [4.69, 9.17) is 28.1 Å². The molecule has 0 bridgehead atoms. The second kappa shape index (κ2) is 31.6. The molecule has 5 aliphatic heterocycles. The van der Waals surface area contributed by atoms with Crippen LogP contribution in [0.3, 0.4) is 0 Å². The Balaban J connectivity index is 0.000000112. The molecule has 0 aliphatic carbocycles. The van der Waals surface area contributed by atoms with Crippen molar-refractivity contribution >= 4 is 95.1 Å². The standard InChI is InChI=1S/C38H24N4O3.C36H24N2O4S.C32H22N4O/c1-5-13-33-29(9-1)41(30-10-2-6-14-34(30)43-33)27-21-17-25(18-22-27)37-39-40-38(45-37)26-19-23-28(24-20-26)42-31-11-3-7-15-35(31)44-36-16-8-4-12-32(36)42;39-43(40,27-21-17-25(18-22-27)37-29-9-1-5-13-33(29)41-34-14-6-2-10-30(34)37)28-23-19-26(20-24-28)38-31-11-3-7-15-35(31)42-36-16-8-4-12-32(36)38;1-3-11-23(12-4-1)31-33-34-32(36(31)25-13-5-2-6-14-25)24-19-21-26(22-20-24)35-27-15-7-9-17-29(27)37-30-18-10-8-16-28(30)35/h1-24H;1-24H;1-22H. The van der Waals surface area contributed by atoms with Gasteiger partial charge in [0, 0.05) is 56.4 Å². The molecule has 0 radical (unpaired) electrons. The topological polar surface area (TPSA) is 166 Å². The van der Waals surface area contributed by atoms with E-state index in [2.05, 4.69) is 159 Å². The SMILES string of the molecule is O=S(=O)(c1ccc(N2c3ccccc3Oc3ccccc32)cc1)c1ccc(N2c3ccccc3Oc3ccccc32)cc1.c1ccc(-c2nnc(-c3ccc(N4c5ccccc5Oc5ccccc54)cc3)n2-c2ccccc2)cc1.c1ccc2c(c1)Oc1ccccc1N2c1ccc(-c2nnc(-c3ccc(N4c5ccccc5Oc5ccccc54)cc3)o2)cc1. The average Bonchev–Trinajstić information content (AvgIpc) is 1.57. The normalized spacial score (nSPS) is 12.6. The molecule has 0 N–H and O–H groups in total. The van der Waals surface area contributed by atoms with Gasteiger partial charge in [0.1, 0.15) is 0 Å². The molecule has 5 aliphatic rings. The van der Waals surface area contributed by atoms with E-state index in [-0.39, 0.29) is 9.79 Å². The highest BCUT2D eigenvalue weighted by Crippen LogP contribution is 2.57. The van der Waals surface area contributed by atoms with E-state index in [1.165, 1.54) is 0 Å². The highest BCUT2D eigenvalue weighted by molar-refractivity contribution is 7.91. The van der Waals surface area contributed by atoms with Crippen molar-refractivity contribution in [3.8, 4) is 109 Å². The lowest BCUT2D eigenvalue weighted by Crippen LogP contribution is -2.16. The summed E-state index contributed by atoms with van der Waals surface area (Å²) in [6.07, 6.45) is 0. The second-order valence-electron chi connectivity index (χ2n) is 29.8. The van der Waals surface area contributed by atoms with Crippen molar-refractivity contribution in [3.05, 3.63) is 425 Å². The first-order valence-electron chi connectivity index (χ1n) is 40.7. The third kappa shape index (κ3) is 13.7. The first-order chi connectivity index (χ1) is 61.7. The Hall–Kier alpha value is -17.0. The van der Waals surface area contributed by atoms with Gasteiger partial charge in [-0.2, -0.15) is 0 Å². The first kappa shape index (κ1) is 74.3. The Kier molecular flexibility index (Phi) is 18.8. The van der Waals surface area contributed by atoms with E-state index in [0.29, 0.717) is 11.8 Å². The lowest BCUT2D eigenvalue weighted by atomic mass is 10.1. The van der Waals surface area contributed by atoms with Gasteiger partial charge >= 0.3 is 0 Å².